The number of aryl methyl sites for hydroxylation is 2. The number of anilines is 2. The number of ether oxygens (including phenoxy) is 1. The number of nitrogens with zero attached hydrogens (tertiary/aromatic N) is 5. The average Bonchev–Trinajstić information content (AvgIpc) is 3.74. The molecule has 5 atom stereocenters. The lowest BCUT2D eigenvalue weighted by atomic mass is 10.0. The largest absolute Gasteiger partial charge is 0.478 e. The van der Waals surface area contributed by atoms with Crippen LogP contribution in [-0.4, -0.2) is 71.5 Å². The van der Waals surface area contributed by atoms with Gasteiger partial charge in [-0.2, -0.15) is 10.1 Å². The van der Waals surface area contributed by atoms with Gasteiger partial charge in [0.1, 0.15) is 17.7 Å². The molecule has 0 unspecified atom stereocenters. The molecule has 0 spiro atoms. The maximum Gasteiger partial charge on any atom is 0.225 e. The van der Waals surface area contributed by atoms with E-state index < -0.39 is 18.2 Å². The van der Waals surface area contributed by atoms with Crippen molar-refractivity contribution < 1.29 is 24.5 Å². The number of furan rings is 1. The van der Waals surface area contributed by atoms with E-state index in [1.807, 2.05) is 76.4 Å². The maximum absolute atomic E-state index is 10.8. The number of nitrogens with one attached hydrogen (secondary N) is 2. The summed E-state index contributed by atoms with van der Waals surface area (Å²) in [5.41, 5.74) is 4.52. The molecule has 1 aromatic carbocycles. The summed E-state index contributed by atoms with van der Waals surface area (Å²) in [7, 11) is 0. The summed E-state index contributed by atoms with van der Waals surface area (Å²) >= 11 is 0. The molecule has 238 valence electrons. The van der Waals surface area contributed by atoms with Crippen molar-refractivity contribution in [3.8, 4) is 22.9 Å². The predicted molar refractivity (Wildman–Crippen MR) is 173 cm³/mol. The van der Waals surface area contributed by atoms with Crippen LogP contribution in [0.1, 0.15) is 43.3 Å². The van der Waals surface area contributed by atoms with Crippen molar-refractivity contribution in [3.63, 3.8) is 0 Å². The number of rotatable bonds is 10. The molecule has 5 N–H and O–H groups in total. The first kappa shape index (κ1) is 32.2. The lowest BCUT2D eigenvalue weighted by Crippen LogP contribution is -2.38. The second-order valence-electron chi connectivity index (χ2n) is 11.2. The molecule has 1 fully saturated rings. The van der Waals surface area contributed by atoms with Crippen molar-refractivity contribution in [1.29, 1.82) is 0 Å². The van der Waals surface area contributed by atoms with Gasteiger partial charge in [0.2, 0.25) is 11.8 Å². The second kappa shape index (κ2) is 13.4. The van der Waals surface area contributed by atoms with Gasteiger partial charge in [-0.25, -0.2) is 14.6 Å². The number of hydrogen-bond acceptors (Lipinski definition) is 11. The predicted octanol–water partition coefficient (Wildman–Crippen LogP) is 4.60. The van der Waals surface area contributed by atoms with E-state index in [1.54, 1.807) is 10.9 Å². The Bertz CT molecular complexity index is 1750. The normalized spacial score (nSPS) is 20.2. The Kier molecular flexibility index (Phi) is 9.59. The zero-order valence-electron chi connectivity index (χ0n) is 25.5. The van der Waals surface area contributed by atoms with E-state index >= 15 is 0 Å². The van der Waals surface area contributed by atoms with Gasteiger partial charge in [-0.1, -0.05) is 12.1 Å². The van der Waals surface area contributed by atoms with Crippen LogP contribution in [0.15, 0.2) is 59.3 Å². The molecule has 0 radical (unpaired) electrons. The van der Waals surface area contributed by atoms with Gasteiger partial charge in [0.05, 0.1) is 47.4 Å². The first-order chi connectivity index (χ1) is 21.2. The zero-order chi connectivity index (χ0) is 31.0. The molecule has 0 amide bonds. The molecule has 13 heteroatoms. The Morgan fingerprint density at radius 2 is 1.87 bits per heavy atom. The third-order valence-electron chi connectivity index (χ3n) is 8.13. The van der Waals surface area contributed by atoms with Crippen LogP contribution >= 0.6 is 12.4 Å². The highest BCUT2D eigenvalue weighted by molar-refractivity contribution is 5.88. The highest BCUT2D eigenvalue weighted by atomic mass is 35.5. The van der Waals surface area contributed by atoms with E-state index in [1.165, 1.54) is 0 Å². The minimum absolute atomic E-state index is 0. The fraction of sp³-hybridized carbons (Fsp3) is 0.375. The summed E-state index contributed by atoms with van der Waals surface area (Å²) in [6.45, 7) is 7.95. The van der Waals surface area contributed by atoms with Crippen molar-refractivity contribution >= 4 is 35.1 Å². The number of aliphatic hydroxyl groups is 3. The van der Waals surface area contributed by atoms with Gasteiger partial charge in [-0.3, -0.25) is 0 Å². The Balaban J connectivity index is 0.00000400. The quantitative estimate of drug-likeness (QED) is 0.146. The molecule has 4 heterocycles. The van der Waals surface area contributed by atoms with E-state index in [0.29, 0.717) is 52.5 Å². The number of aliphatic hydroxyl groups excluding tert-OH is 3. The third kappa shape index (κ3) is 6.45. The number of benzene rings is 1. The van der Waals surface area contributed by atoms with Crippen LogP contribution in [0.3, 0.4) is 0 Å². The Morgan fingerprint density at radius 3 is 2.56 bits per heavy atom. The molecular formula is C32H38ClN7O5. The van der Waals surface area contributed by atoms with E-state index in [0.717, 1.165) is 16.6 Å². The summed E-state index contributed by atoms with van der Waals surface area (Å²) in [5.74, 6) is 1.44. The highest BCUT2D eigenvalue weighted by Crippen LogP contribution is 2.38. The lowest BCUT2D eigenvalue weighted by Gasteiger charge is -2.25. The van der Waals surface area contributed by atoms with Crippen molar-refractivity contribution in [1.82, 2.24) is 24.7 Å². The van der Waals surface area contributed by atoms with E-state index in [2.05, 4.69) is 20.7 Å². The van der Waals surface area contributed by atoms with Gasteiger partial charge in [-0.05, 0) is 63.9 Å². The molecule has 12 nitrogen and oxygen atoms in total. The molecule has 0 saturated heterocycles. The van der Waals surface area contributed by atoms with Gasteiger partial charge in [-0.15, -0.1) is 12.4 Å². The fourth-order valence-corrected chi connectivity index (χ4v) is 5.84. The molecule has 1 aliphatic rings. The zero-order valence-corrected chi connectivity index (χ0v) is 26.3. The van der Waals surface area contributed by atoms with Gasteiger partial charge in [0.25, 0.3) is 0 Å². The van der Waals surface area contributed by atoms with Crippen LogP contribution in [0.25, 0.3) is 28.0 Å². The van der Waals surface area contributed by atoms with Gasteiger partial charge >= 0.3 is 0 Å². The number of hydrogen-bond donors (Lipinski definition) is 5. The summed E-state index contributed by atoms with van der Waals surface area (Å²) in [6, 6.07) is 12.9. The second-order valence-corrected chi connectivity index (χ2v) is 11.2. The van der Waals surface area contributed by atoms with Crippen LogP contribution in [-0.2, 0) is 0 Å². The molecular weight excluding hydrogens is 598 g/mol. The standard InChI is InChI=1S/C32H37N7O5.ClH/c1-5-43-26-15-21-14-25(44-30(21)19(4)34-26)27-18(3)36-32(38-31(27)37-28-22(16-40)13-24(41)29(28)42)35-17(2)20-7-9-23(10-8-20)39-12-6-11-33-39;/h6-12,14-15,17,22,24,28-29,40-42H,5,13,16H2,1-4H3,(H2,35,36,37,38);1H/t17-,22+,24-,28-,29-;/m1./s1. The van der Waals surface area contributed by atoms with E-state index in [-0.39, 0.29) is 37.4 Å². The fourth-order valence-electron chi connectivity index (χ4n) is 5.84. The van der Waals surface area contributed by atoms with E-state index in [9.17, 15) is 15.3 Å². The average molecular weight is 636 g/mol. The highest BCUT2D eigenvalue weighted by Gasteiger charge is 2.42. The molecule has 1 aliphatic carbocycles. The third-order valence-corrected chi connectivity index (χ3v) is 8.13. The summed E-state index contributed by atoms with van der Waals surface area (Å²) in [4.78, 5) is 14.1. The molecule has 6 rings (SSSR count). The summed E-state index contributed by atoms with van der Waals surface area (Å²) in [5, 5.41) is 43.0. The monoisotopic (exact) mass is 635 g/mol. The molecule has 0 aliphatic heterocycles. The topological polar surface area (TPSA) is 164 Å². The summed E-state index contributed by atoms with van der Waals surface area (Å²) < 4.78 is 13.7. The Morgan fingerprint density at radius 1 is 1.09 bits per heavy atom. The van der Waals surface area contributed by atoms with Crippen molar-refractivity contribution in [2.45, 2.75) is 58.4 Å². The molecule has 45 heavy (non-hydrogen) atoms. The molecule has 5 aromatic rings. The number of pyridine rings is 1. The number of halogens is 1. The van der Waals surface area contributed by atoms with Crippen LogP contribution in [0, 0.1) is 19.8 Å². The minimum Gasteiger partial charge on any atom is -0.478 e. The van der Waals surface area contributed by atoms with Crippen LogP contribution in [0.4, 0.5) is 11.8 Å². The SMILES string of the molecule is CCOc1cc2cc(-c3c(C)nc(N[C@H](C)c4ccc(-n5cccn5)cc4)nc3N[C@@H]3[C@H](CO)C[C@@H](O)[C@H]3O)oc2c(C)n1.Cl. The van der Waals surface area contributed by atoms with Gasteiger partial charge < -0.3 is 35.1 Å². The first-order valence-corrected chi connectivity index (χ1v) is 14.8. The smallest absolute Gasteiger partial charge is 0.225 e. The minimum atomic E-state index is -1.09. The number of aromatic nitrogens is 5. The maximum atomic E-state index is 10.8. The van der Waals surface area contributed by atoms with Crippen LogP contribution in [0.5, 0.6) is 5.88 Å². The van der Waals surface area contributed by atoms with Crippen molar-refractivity contribution in [3.05, 3.63) is 71.8 Å². The molecule has 0 bridgehead atoms. The first-order valence-electron chi connectivity index (χ1n) is 14.8. The van der Waals surface area contributed by atoms with Crippen LogP contribution < -0.4 is 15.4 Å². The van der Waals surface area contributed by atoms with E-state index in [4.69, 9.17) is 19.1 Å². The van der Waals surface area contributed by atoms with Gasteiger partial charge in [0, 0.05) is 36.4 Å². The molecule has 1 saturated carbocycles. The molecule has 4 aromatic heterocycles. The van der Waals surface area contributed by atoms with Gasteiger partial charge in [0.15, 0.2) is 5.58 Å². The number of fused-ring (bicyclic) bond motifs is 1. The van der Waals surface area contributed by atoms with Crippen molar-refractivity contribution in [2.24, 2.45) is 5.92 Å². The lowest BCUT2D eigenvalue weighted by molar-refractivity contribution is 0.0390. The summed E-state index contributed by atoms with van der Waals surface area (Å²) in [6.07, 6.45) is 1.84. The Hall–Kier alpha value is -4.23. The van der Waals surface area contributed by atoms with Crippen molar-refractivity contribution in [2.75, 3.05) is 23.8 Å². The Labute approximate surface area is 266 Å². The van der Waals surface area contributed by atoms with Crippen LogP contribution in [0.2, 0.25) is 0 Å².